The largest absolute Gasteiger partial charge is 0.469 e. The predicted molar refractivity (Wildman–Crippen MR) is 388 cm³/mol. The second-order valence-corrected chi connectivity index (χ2v) is 21.0. The first-order chi connectivity index (χ1) is 42.5. The highest BCUT2D eigenvalue weighted by Crippen LogP contribution is 2.19. The molecule has 89 heavy (non-hydrogen) atoms. The van der Waals surface area contributed by atoms with Crippen LogP contribution in [0.25, 0.3) is 0 Å². The minimum absolute atomic E-state index is 0.426. The van der Waals surface area contributed by atoms with Crippen LogP contribution < -0.4 is 0 Å². The molecule has 0 saturated carbocycles. The van der Waals surface area contributed by atoms with Crippen LogP contribution in [0.1, 0.15) is 332 Å². The summed E-state index contributed by atoms with van der Waals surface area (Å²) in [5.41, 5.74) is 5.52. The molecule has 0 atom stereocenters. The van der Waals surface area contributed by atoms with E-state index in [2.05, 4.69) is 218 Å². The minimum atomic E-state index is 0.426. The second kappa shape index (κ2) is 67.1. The Balaban J connectivity index is -0.000000166. The lowest BCUT2D eigenvalue weighted by molar-refractivity contribution is 0.487. The number of nitrogens with one attached hydrogen (secondary N) is 5. The monoisotopic (exact) mass is 1260 g/mol. The second-order valence-electron chi connectivity index (χ2n) is 20.1. The Morgan fingerprint density at radius 1 is 0.517 bits per heavy atom. The number of aryl methyl sites for hydroxylation is 2. The highest BCUT2D eigenvalue weighted by Gasteiger charge is 2.06. The van der Waals surface area contributed by atoms with Gasteiger partial charge in [0.15, 0.2) is 5.82 Å². The number of hydrogen-bond acceptors (Lipinski definition) is 12. The molecule has 0 spiro atoms. The lowest BCUT2D eigenvalue weighted by atomic mass is 10.1. The van der Waals surface area contributed by atoms with E-state index in [0.717, 1.165) is 40.3 Å². The Labute approximate surface area is 549 Å². The Morgan fingerprint density at radius 3 is 1.34 bits per heavy atom. The Hall–Kier alpha value is -6.82. The van der Waals surface area contributed by atoms with Gasteiger partial charge in [0, 0.05) is 83.4 Å². The zero-order valence-corrected chi connectivity index (χ0v) is 63.6. The summed E-state index contributed by atoms with van der Waals surface area (Å²) in [6.07, 6.45) is 16.1. The third kappa shape index (κ3) is 52.8. The number of thiophene rings is 1. The maximum Gasteiger partial charge on any atom is 0.153 e. The van der Waals surface area contributed by atoms with Crippen LogP contribution in [0.15, 0.2) is 114 Å². The molecule has 0 saturated heterocycles. The van der Waals surface area contributed by atoms with E-state index in [1.807, 2.05) is 182 Å². The molecular formula is C71H134N16OS. The van der Waals surface area contributed by atoms with Gasteiger partial charge in [-0.3, -0.25) is 14.9 Å². The molecule has 18 heteroatoms. The number of H-pyrrole nitrogens is 5. The van der Waals surface area contributed by atoms with E-state index < -0.39 is 0 Å². The van der Waals surface area contributed by atoms with E-state index >= 15 is 0 Å². The first-order valence-corrected chi connectivity index (χ1v) is 34.0. The fourth-order valence-electron chi connectivity index (χ4n) is 5.67. The maximum atomic E-state index is 5.09. The van der Waals surface area contributed by atoms with Crippen LogP contribution in [0, 0.1) is 13.8 Å². The molecular weight excluding hydrogens is 1120 g/mol. The molecule has 0 fully saturated rings. The number of imidazole rings is 2. The van der Waals surface area contributed by atoms with Crippen LogP contribution >= 0.6 is 11.3 Å². The molecule has 17 nitrogen and oxygen atoms in total. The molecule has 0 radical (unpaired) electrons. The summed E-state index contributed by atoms with van der Waals surface area (Å²) in [6.45, 7) is 70.0. The van der Waals surface area contributed by atoms with Crippen molar-refractivity contribution in [2.24, 2.45) is 0 Å². The standard InChI is InChI=1S/C7H10N2.C7H10O.C7H10S.2C6H11N3.4C6H10N2.7C2H6/c1-6(2)7-4-3-5-8-9-7;2*1-6(2)7-4-3-5-8-7;1-4(2)6-7-5(3)8-9-6;1-4(2)6-5(3)7-9-8-6;1-5(2)6-3-7-4-8-6;1-6(2)8-5-3-4-7-8;1-5(2)6-7-3-4-8-6;1-5(2)6-3-4-7-8-6;7*1-2/h3-6H,1-2H3;2*3-6H,1-2H3;2*4H,1-3H3,(H,7,8,9);3-5H,1-2H3,(H,7,8);3-6H,1-2H3;2*3-5H,1-2H3,(H,7,8);7*1-2H3. The minimum Gasteiger partial charge on any atom is -0.469 e. The third-order valence-corrected chi connectivity index (χ3v) is 11.4. The number of hydrogen-bond donors (Lipinski definition) is 5. The molecule has 510 valence electrons. The molecule has 9 heterocycles. The lowest BCUT2D eigenvalue weighted by Gasteiger charge is -2.01. The van der Waals surface area contributed by atoms with Crippen molar-refractivity contribution in [3.05, 3.63) is 166 Å². The maximum absolute atomic E-state index is 5.09. The number of aromatic amines is 5. The molecule has 0 aliphatic rings. The van der Waals surface area contributed by atoms with Crippen LogP contribution in [-0.4, -0.2) is 80.7 Å². The Bertz CT molecular complexity index is 2260. The zero-order valence-electron chi connectivity index (χ0n) is 62.8. The van der Waals surface area contributed by atoms with Crippen molar-refractivity contribution in [1.82, 2.24) is 80.7 Å². The van der Waals surface area contributed by atoms with E-state index in [-0.39, 0.29) is 0 Å². The fourth-order valence-corrected chi connectivity index (χ4v) is 6.41. The van der Waals surface area contributed by atoms with E-state index in [4.69, 9.17) is 4.42 Å². The van der Waals surface area contributed by atoms with Crippen LogP contribution in [-0.2, 0) is 0 Å². The van der Waals surface area contributed by atoms with Crippen molar-refractivity contribution < 1.29 is 4.42 Å². The van der Waals surface area contributed by atoms with Crippen molar-refractivity contribution in [3.63, 3.8) is 0 Å². The highest BCUT2D eigenvalue weighted by molar-refractivity contribution is 7.10. The molecule has 9 aromatic heterocycles. The van der Waals surface area contributed by atoms with Gasteiger partial charge in [-0.25, -0.2) is 15.0 Å². The first kappa shape index (κ1) is 95.8. The summed E-state index contributed by atoms with van der Waals surface area (Å²) in [5.74, 6) is 8.17. The number of furan rings is 1. The Kier molecular flexibility index (Phi) is 72.3. The van der Waals surface area contributed by atoms with E-state index in [9.17, 15) is 0 Å². The van der Waals surface area contributed by atoms with Gasteiger partial charge in [-0.05, 0) is 105 Å². The number of rotatable bonds is 9. The van der Waals surface area contributed by atoms with Gasteiger partial charge in [-0.1, -0.05) is 214 Å². The van der Waals surface area contributed by atoms with Gasteiger partial charge < -0.3 is 14.4 Å². The molecule has 0 unspecified atom stereocenters. The van der Waals surface area contributed by atoms with Gasteiger partial charge in [0.05, 0.1) is 29.7 Å². The molecule has 0 bridgehead atoms. The van der Waals surface area contributed by atoms with Crippen LogP contribution in [0.5, 0.6) is 0 Å². The fraction of sp³-hybridized carbons (Fsp3) is 0.606. The van der Waals surface area contributed by atoms with Gasteiger partial charge in [0.1, 0.15) is 17.4 Å². The summed E-state index contributed by atoms with van der Waals surface area (Å²) < 4.78 is 7.01. The molecule has 0 aromatic carbocycles. The molecule has 0 amide bonds. The van der Waals surface area contributed by atoms with Crippen LogP contribution in [0.4, 0.5) is 0 Å². The van der Waals surface area contributed by atoms with Crippen molar-refractivity contribution in [2.45, 2.75) is 289 Å². The zero-order chi connectivity index (χ0) is 70.3. The molecule has 9 rings (SSSR count). The van der Waals surface area contributed by atoms with Crippen molar-refractivity contribution in [1.29, 1.82) is 0 Å². The average molecular weight is 1260 g/mol. The average Bonchev–Trinajstić information content (AvgIpc) is 4.44. The predicted octanol–water partition coefficient (Wildman–Crippen LogP) is 22.6. The van der Waals surface area contributed by atoms with Gasteiger partial charge in [-0.15, -0.1) is 11.3 Å². The normalized spacial score (nSPS) is 9.25. The summed E-state index contributed by atoms with van der Waals surface area (Å²) in [6, 6.07) is 16.5. The van der Waals surface area contributed by atoms with Gasteiger partial charge in [-0.2, -0.15) is 40.9 Å². The van der Waals surface area contributed by atoms with Gasteiger partial charge in [0.2, 0.25) is 0 Å². The molecule has 0 aliphatic heterocycles. The first-order valence-electron chi connectivity index (χ1n) is 33.1. The summed E-state index contributed by atoms with van der Waals surface area (Å²) in [4.78, 5) is 19.6. The van der Waals surface area contributed by atoms with Crippen molar-refractivity contribution in [2.75, 3.05) is 0 Å². The smallest absolute Gasteiger partial charge is 0.153 e. The molecule has 9 aromatic rings. The quantitative estimate of drug-likeness (QED) is 0.0913. The topological polar surface area (TPSA) is 226 Å². The van der Waals surface area contributed by atoms with Gasteiger partial charge >= 0.3 is 0 Å². The van der Waals surface area contributed by atoms with Crippen molar-refractivity contribution in [3.8, 4) is 0 Å². The third-order valence-electron chi connectivity index (χ3n) is 10.3. The summed E-state index contributed by atoms with van der Waals surface area (Å²) in [5, 5.41) is 37.8. The summed E-state index contributed by atoms with van der Waals surface area (Å²) in [7, 11) is 0. The lowest BCUT2D eigenvalue weighted by Crippen LogP contribution is -1.99. The molecule has 5 N–H and O–H groups in total. The summed E-state index contributed by atoms with van der Waals surface area (Å²) >= 11 is 1.83. The van der Waals surface area contributed by atoms with Gasteiger partial charge in [0.25, 0.3) is 0 Å². The SMILES string of the molecule is CC.CC.CC.CC.CC.CC.CC.CC(C)c1cccnn1.CC(C)c1ccco1.CC(C)c1cccs1.CC(C)c1ccn[nH]1.CC(C)c1cnc[nH]1.CC(C)c1ncc[nH]1.CC(C)n1cccn1.Cc1n[nH]nc1C(C)C.Cc1nc(C(C)C)n[nH]1. The van der Waals surface area contributed by atoms with Crippen LogP contribution in [0.2, 0.25) is 0 Å². The van der Waals surface area contributed by atoms with E-state index in [1.54, 1.807) is 37.4 Å². The molecule has 0 aliphatic carbocycles. The van der Waals surface area contributed by atoms with E-state index in [1.165, 1.54) is 16.3 Å². The number of nitrogens with zero attached hydrogens (tertiary/aromatic N) is 11. The van der Waals surface area contributed by atoms with E-state index in [0.29, 0.717) is 53.4 Å². The number of aromatic nitrogens is 16. The Morgan fingerprint density at radius 2 is 1.12 bits per heavy atom. The highest BCUT2D eigenvalue weighted by atomic mass is 32.1. The van der Waals surface area contributed by atoms with Crippen molar-refractivity contribution >= 4 is 11.3 Å². The van der Waals surface area contributed by atoms with Crippen LogP contribution in [0.3, 0.4) is 0 Å².